The topological polar surface area (TPSA) is 66.8 Å². The van der Waals surface area contributed by atoms with Crippen LogP contribution >= 0.6 is 0 Å². The Hall–Kier alpha value is -3.06. The summed E-state index contributed by atoms with van der Waals surface area (Å²) in [6.45, 7) is 0.776. The van der Waals surface area contributed by atoms with Gasteiger partial charge in [0.2, 0.25) is 0 Å². The van der Waals surface area contributed by atoms with E-state index >= 15 is 0 Å². The third kappa shape index (κ3) is 3.65. The van der Waals surface area contributed by atoms with Crippen molar-refractivity contribution in [3.05, 3.63) is 76.9 Å². The van der Waals surface area contributed by atoms with Gasteiger partial charge in [0.25, 0.3) is 11.7 Å². The number of hydrogen-bond acceptors (Lipinski definition) is 4. The highest BCUT2D eigenvalue weighted by Crippen LogP contribution is 2.40. The molecular weight excluding hydrogens is 380 g/mol. The first-order valence-corrected chi connectivity index (χ1v) is 9.37. The Morgan fingerprint density at radius 1 is 1.03 bits per heavy atom. The maximum absolute atomic E-state index is 13.4. The van der Waals surface area contributed by atoms with Crippen LogP contribution in [0.5, 0.6) is 0 Å². The monoisotopic (exact) mass is 399 g/mol. The molecule has 0 radical (unpaired) electrons. The van der Waals surface area contributed by atoms with Crippen LogP contribution < -0.4 is 0 Å². The van der Waals surface area contributed by atoms with Crippen LogP contribution in [0.15, 0.2) is 54.1 Å². The summed E-state index contributed by atoms with van der Waals surface area (Å²) in [6, 6.07) is 9.52. The van der Waals surface area contributed by atoms with Gasteiger partial charge in [0.1, 0.15) is 17.4 Å². The molecule has 2 aliphatic heterocycles. The zero-order valence-electron chi connectivity index (χ0n) is 15.5. The van der Waals surface area contributed by atoms with E-state index in [2.05, 4.69) is 0 Å². The molecule has 0 bridgehead atoms. The van der Waals surface area contributed by atoms with E-state index in [0.717, 1.165) is 25.0 Å². The Labute approximate surface area is 166 Å². The lowest BCUT2D eigenvalue weighted by molar-refractivity contribution is -0.140. The van der Waals surface area contributed by atoms with Crippen LogP contribution in [0.1, 0.15) is 30.0 Å². The molecule has 2 aliphatic rings. The molecule has 5 nitrogen and oxygen atoms in total. The van der Waals surface area contributed by atoms with Crippen LogP contribution in [0.4, 0.5) is 8.78 Å². The number of carbonyl (C=O) groups is 2. The van der Waals surface area contributed by atoms with Gasteiger partial charge >= 0.3 is 0 Å². The van der Waals surface area contributed by atoms with Gasteiger partial charge in [-0.15, -0.1) is 0 Å². The number of carbonyl (C=O) groups excluding carboxylic acids is 2. The average molecular weight is 399 g/mol. The molecule has 0 aromatic heterocycles. The first kappa shape index (κ1) is 19.3. The summed E-state index contributed by atoms with van der Waals surface area (Å²) in [6.07, 6.45) is 1.42. The number of aliphatic hydroxyl groups excluding tert-OH is 1. The van der Waals surface area contributed by atoms with E-state index in [-0.39, 0.29) is 23.8 Å². The Bertz CT molecular complexity index is 963. The molecule has 7 heteroatoms. The third-order valence-electron chi connectivity index (χ3n) is 5.27. The van der Waals surface area contributed by atoms with Crippen molar-refractivity contribution >= 4 is 17.4 Å². The standard InChI is InChI=1S/C22H19F2NO4/c23-15-7-3-13(4-8-15)19-18(20(26)14-5-9-16(24)10-6-14)21(27)22(28)25(19)12-17-2-1-11-29-17/h3-10,17,19,26H,1-2,11-12H2/b20-18+. The number of Topliss-reactive ketones (excluding diaryl/α,β-unsaturated/α-hetero) is 1. The number of rotatable bonds is 4. The van der Waals surface area contributed by atoms with Gasteiger partial charge in [-0.3, -0.25) is 9.59 Å². The minimum absolute atomic E-state index is 0.105. The molecule has 1 N–H and O–H groups in total. The third-order valence-corrected chi connectivity index (χ3v) is 5.27. The number of amides is 1. The lowest BCUT2D eigenvalue weighted by Gasteiger charge is -2.27. The highest BCUT2D eigenvalue weighted by Gasteiger charge is 2.47. The van der Waals surface area contributed by atoms with Gasteiger partial charge in [0, 0.05) is 18.7 Å². The number of likely N-dealkylation sites (tertiary alicyclic amines) is 1. The number of hydrogen-bond donors (Lipinski definition) is 1. The van der Waals surface area contributed by atoms with Gasteiger partial charge < -0.3 is 14.7 Å². The molecule has 2 atom stereocenters. The van der Waals surface area contributed by atoms with Crippen molar-refractivity contribution in [1.29, 1.82) is 0 Å². The highest BCUT2D eigenvalue weighted by atomic mass is 19.1. The molecular formula is C22H19F2NO4. The molecule has 2 unspecified atom stereocenters. The van der Waals surface area contributed by atoms with Crippen molar-refractivity contribution in [2.45, 2.75) is 25.0 Å². The lowest BCUT2D eigenvalue weighted by Crippen LogP contribution is -2.36. The predicted molar refractivity (Wildman–Crippen MR) is 101 cm³/mol. The molecule has 2 aromatic carbocycles. The van der Waals surface area contributed by atoms with Crippen molar-refractivity contribution in [2.24, 2.45) is 0 Å². The van der Waals surface area contributed by atoms with E-state index in [0.29, 0.717) is 12.2 Å². The van der Waals surface area contributed by atoms with Crippen LogP contribution in [0.3, 0.4) is 0 Å². The average Bonchev–Trinajstić information content (AvgIpc) is 3.31. The van der Waals surface area contributed by atoms with Crippen LogP contribution in [0, 0.1) is 11.6 Å². The first-order chi connectivity index (χ1) is 14.0. The van der Waals surface area contributed by atoms with E-state index in [9.17, 15) is 23.5 Å². The zero-order chi connectivity index (χ0) is 20.5. The Balaban J connectivity index is 1.81. The smallest absolute Gasteiger partial charge is 0.295 e. The SMILES string of the molecule is O=C1C(=O)N(CC2CCCO2)C(c2ccc(F)cc2)/C1=C(\O)c1ccc(F)cc1. The molecule has 2 heterocycles. The summed E-state index contributed by atoms with van der Waals surface area (Å²) in [4.78, 5) is 27.0. The summed E-state index contributed by atoms with van der Waals surface area (Å²) < 4.78 is 32.3. The number of benzene rings is 2. The summed E-state index contributed by atoms with van der Waals surface area (Å²) in [5.74, 6) is -2.93. The molecule has 2 aromatic rings. The summed E-state index contributed by atoms with van der Waals surface area (Å²) in [7, 11) is 0. The summed E-state index contributed by atoms with van der Waals surface area (Å²) in [5.41, 5.74) is 0.604. The van der Waals surface area contributed by atoms with Crippen molar-refractivity contribution in [3.63, 3.8) is 0 Å². The molecule has 0 saturated carbocycles. The fourth-order valence-corrected chi connectivity index (χ4v) is 3.83. The van der Waals surface area contributed by atoms with Gasteiger partial charge in [-0.2, -0.15) is 0 Å². The summed E-state index contributed by atoms with van der Waals surface area (Å²) in [5, 5.41) is 10.8. The fourth-order valence-electron chi connectivity index (χ4n) is 3.83. The minimum Gasteiger partial charge on any atom is -0.507 e. The van der Waals surface area contributed by atoms with Gasteiger partial charge in [-0.1, -0.05) is 12.1 Å². The maximum atomic E-state index is 13.4. The molecule has 0 aliphatic carbocycles. The number of ketones is 1. The molecule has 1 amide bonds. The fraction of sp³-hybridized carbons (Fsp3) is 0.273. The van der Waals surface area contributed by atoms with E-state index in [4.69, 9.17) is 4.74 Å². The molecule has 29 heavy (non-hydrogen) atoms. The number of aliphatic hydroxyl groups is 1. The zero-order valence-corrected chi connectivity index (χ0v) is 15.5. The highest BCUT2D eigenvalue weighted by molar-refractivity contribution is 6.46. The van der Waals surface area contributed by atoms with Crippen LogP contribution in [0.2, 0.25) is 0 Å². The van der Waals surface area contributed by atoms with E-state index in [1.165, 1.54) is 41.3 Å². The first-order valence-electron chi connectivity index (χ1n) is 9.37. The second-order valence-corrected chi connectivity index (χ2v) is 7.14. The normalized spacial score (nSPS) is 23.7. The molecule has 4 rings (SSSR count). The molecule has 150 valence electrons. The van der Waals surface area contributed by atoms with Crippen molar-refractivity contribution in [2.75, 3.05) is 13.2 Å². The largest absolute Gasteiger partial charge is 0.507 e. The van der Waals surface area contributed by atoms with E-state index < -0.39 is 35.1 Å². The van der Waals surface area contributed by atoms with Gasteiger partial charge in [-0.05, 0) is 54.8 Å². The Morgan fingerprint density at radius 2 is 1.66 bits per heavy atom. The number of ether oxygens (including phenoxy) is 1. The van der Waals surface area contributed by atoms with Crippen molar-refractivity contribution in [1.82, 2.24) is 4.90 Å². The summed E-state index contributed by atoms with van der Waals surface area (Å²) >= 11 is 0. The van der Waals surface area contributed by atoms with Gasteiger partial charge in [-0.25, -0.2) is 8.78 Å². The van der Waals surface area contributed by atoms with Crippen molar-refractivity contribution < 1.29 is 28.2 Å². The molecule has 2 saturated heterocycles. The van der Waals surface area contributed by atoms with E-state index in [1.54, 1.807) is 0 Å². The van der Waals surface area contributed by atoms with Gasteiger partial charge in [0.05, 0.1) is 17.7 Å². The Morgan fingerprint density at radius 3 is 2.24 bits per heavy atom. The maximum Gasteiger partial charge on any atom is 0.295 e. The lowest BCUT2D eigenvalue weighted by atomic mass is 9.95. The predicted octanol–water partition coefficient (Wildman–Crippen LogP) is 3.57. The van der Waals surface area contributed by atoms with E-state index in [1.807, 2.05) is 0 Å². The molecule has 2 fully saturated rings. The van der Waals surface area contributed by atoms with Crippen LogP contribution in [-0.4, -0.2) is 41.0 Å². The van der Waals surface area contributed by atoms with Crippen LogP contribution in [-0.2, 0) is 14.3 Å². The number of nitrogens with zero attached hydrogens (tertiary/aromatic N) is 1. The minimum atomic E-state index is -0.884. The number of halogens is 2. The Kier molecular flexibility index (Phi) is 5.15. The second-order valence-electron chi connectivity index (χ2n) is 7.14. The van der Waals surface area contributed by atoms with Gasteiger partial charge in [0.15, 0.2) is 0 Å². The quantitative estimate of drug-likeness (QED) is 0.485. The second kappa shape index (κ2) is 7.75. The van der Waals surface area contributed by atoms with Crippen molar-refractivity contribution in [3.8, 4) is 0 Å². The van der Waals surface area contributed by atoms with Crippen LogP contribution in [0.25, 0.3) is 5.76 Å². The molecule has 0 spiro atoms.